The van der Waals surface area contributed by atoms with Crippen LogP contribution in [0, 0.1) is 0 Å². The van der Waals surface area contributed by atoms with Gasteiger partial charge in [-0.15, -0.1) is 0 Å². The van der Waals surface area contributed by atoms with Crippen LogP contribution in [-0.4, -0.2) is 26.5 Å². The number of hydrogen-bond acceptors (Lipinski definition) is 4. The van der Waals surface area contributed by atoms with Crippen molar-refractivity contribution in [3.8, 4) is 0 Å². The summed E-state index contributed by atoms with van der Waals surface area (Å²) in [6, 6.07) is 3.38. The first-order chi connectivity index (χ1) is 7.84. The van der Waals surface area contributed by atoms with E-state index in [1.54, 1.807) is 12.4 Å². The number of hydrogen-bond donors (Lipinski definition) is 2. The molecule has 0 bridgehead atoms. The monoisotopic (exact) mass is 219 g/mol. The van der Waals surface area contributed by atoms with E-state index >= 15 is 0 Å². The number of aromatic nitrogens is 4. The molecular weight excluding hydrogens is 206 g/mol. The number of nitrogens with one attached hydrogen (secondary N) is 2. The fourth-order valence-corrected chi connectivity index (χ4v) is 1.38. The summed E-state index contributed by atoms with van der Waals surface area (Å²) in [6.45, 7) is 1.64. The van der Waals surface area contributed by atoms with Gasteiger partial charge >= 0.3 is 0 Å². The minimum atomic E-state index is -0.197. The lowest BCUT2D eigenvalue weighted by atomic mass is 10.4. The zero-order valence-corrected chi connectivity index (χ0v) is 8.76. The van der Waals surface area contributed by atoms with Gasteiger partial charge in [0.2, 0.25) is 0 Å². The molecule has 2 heterocycles. The van der Waals surface area contributed by atoms with E-state index in [9.17, 15) is 4.79 Å². The topological polar surface area (TPSA) is 75.6 Å². The van der Waals surface area contributed by atoms with Gasteiger partial charge in [0.1, 0.15) is 0 Å². The first-order valence-corrected chi connectivity index (χ1v) is 5.10. The molecule has 0 amide bonds. The van der Waals surface area contributed by atoms with Gasteiger partial charge in [0.15, 0.2) is 0 Å². The summed E-state index contributed by atoms with van der Waals surface area (Å²) >= 11 is 0. The Kier molecular flexibility index (Phi) is 3.32. The van der Waals surface area contributed by atoms with Gasteiger partial charge in [-0.25, -0.2) is 5.10 Å². The molecule has 0 aliphatic heterocycles. The van der Waals surface area contributed by atoms with Gasteiger partial charge in [0, 0.05) is 31.5 Å². The van der Waals surface area contributed by atoms with Crippen molar-refractivity contribution in [1.29, 1.82) is 0 Å². The average Bonchev–Trinajstić information content (AvgIpc) is 2.77. The third-order valence-electron chi connectivity index (χ3n) is 2.12. The van der Waals surface area contributed by atoms with Crippen molar-refractivity contribution in [3.05, 3.63) is 41.1 Å². The second-order valence-electron chi connectivity index (χ2n) is 3.38. The number of H-pyrrole nitrogens is 1. The number of nitrogens with zero attached hydrogens (tertiary/aromatic N) is 3. The van der Waals surface area contributed by atoms with Crippen LogP contribution in [0.3, 0.4) is 0 Å². The molecule has 0 fully saturated rings. The van der Waals surface area contributed by atoms with E-state index in [1.807, 2.05) is 16.9 Å². The Hall–Kier alpha value is -2.11. The van der Waals surface area contributed by atoms with Crippen molar-refractivity contribution >= 4 is 5.69 Å². The van der Waals surface area contributed by atoms with Crippen molar-refractivity contribution in [3.63, 3.8) is 0 Å². The lowest BCUT2D eigenvalue weighted by Gasteiger charge is -2.05. The largest absolute Gasteiger partial charge is 0.384 e. The Morgan fingerprint density at radius 3 is 3.19 bits per heavy atom. The third kappa shape index (κ3) is 2.94. The molecule has 0 aliphatic carbocycles. The van der Waals surface area contributed by atoms with Crippen LogP contribution in [0.25, 0.3) is 0 Å². The predicted octanol–water partition coefficient (Wildman–Crippen LogP) is 0.469. The van der Waals surface area contributed by atoms with Crippen molar-refractivity contribution in [2.45, 2.75) is 13.0 Å². The summed E-state index contributed by atoms with van der Waals surface area (Å²) in [6.07, 6.45) is 6.21. The Morgan fingerprint density at radius 1 is 1.50 bits per heavy atom. The minimum Gasteiger partial charge on any atom is -0.384 e. The molecule has 0 aliphatic rings. The molecule has 84 valence electrons. The zero-order valence-electron chi connectivity index (χ0n) is 8.76. The molecule has 0 saturated carbocycles. The lowest BCUT2D eigenvalue weighted by Crippen LogP contribution is -2.11. The lowest BCUT2D eigenvalue weighted by molar-refractivity contribution is 0.591. The van der Waals surface area contributed by atoms with Crippen LogP contribution in [0.5, 0.6) is 0 Å². The van der Waals surface area contributed by atoms with E-state index in [-0.39, 0.29) is 5.56 Å². The fraction of sp³-hybridized carbons (Fsp3) is 0.300. The highest BCUT2D eigenvalue weighted by atomic mass is 16.1. The number of aromatic amines is 1. The molecule has 0 radical (unpaired) electrons. The van der Waals surface area contributed by atoms with Gasteiger partial charge in [-0.3, -0.25) is 9.48 Å². The molecule has 0 saturated heterocycles. The fourth-order valence-electron chi connectivity index (χ4n) is 1.38. The highest BCUT2D eigenvalue weighted by Crippen LogP contribution is 1.98. The van der Waals surface area contributed by atoms with Crippen molar-refractivity contribution in [2.24, 2.45) is 0 Å². The van der Waals surface area contributed by atoms with Crippen LogP contribution in [-0.2, 0) is 6.54 Å². The maximum absolute atomic E-state index is 10.9. The Bertz CT molecular complexity index is 476. The van der Waals surface area contributed by atoms with Crippen LogP contribution in [0.15, 0.2) is 35.5 Å². The first-order valence-electron chi connectivity index (χ1n) is 5.10. The van der Waals surface area contributed by atoms with Crippen LogP contribution in [0.2, 0.25) is 0 Å². The summed E-state index contributed by atoms with van der Waals surface area (Å²) in [7, 11) is 0. The van der Waals surface area contributed by atoms with E-state index in [0.717, 1.165) is 25.2 Å². The minimum absolute atomic E-state index is 0.197. The standard InChI is InChI=1S/C10H13N5O/c16-10-7-9(8-12-14-10)11-3-1-5-15-6-2-4-13-15/h2,4,6-8H,1,3,5H2,(H2,11,14,16). The van der Waals surface area contributed by atoms with E-state index in [0.29, 0.717) is 0 Å². The molecule has 2 N–H and O–H groups in total. The van der Waals surface area contributed by atoms with Crippen LogP contribution >= 0.6 is 0 Å². The average molecular weight is 219 g/mol. The van der Waals surface area contributed by atoms with E-state index < -0.39 is 0 Å². The van der Waals surface area contributed by atoms with E-state index in [4.69, 9.17) is 0 Å². The van der Waals surface area contributed by atoms with Crippen LogP contribution < -0.4 is 10.9 Å². The Labute approximate surface area is 92.3 Å². The van der Waals surface area contributed by atoms with Gasteiger partial charge in [0.05, 0.1) is 11.9 Å². The van der Waals surface area contributed by atoms with Crippen LogP contribution in [0.4, 0.5) is 5.69 Å². The van der Waals surface area contributed by atoms with Crippen LogP contribution in [0.1, 0.15) is 6.42 Å². The second kappa shape index (κ2) is 5.11. The van der Waals surface area contributed by atoms with Gasteiger partial charge in [-0.05, 0) is 12.5 Å². The molecule has 0 unspecified atom stereocenters. The van der Waals surface area contributed by atoms with Gasteiger partial charge in [-0.1, -0.05) is 0 Å². The molecule has 0 atom stereocenters. The highest BCUT2D eigenvalue weighted by Gasteiger charge is 1.94. The summed E-state index contributed by atoms with van der Waals surface area (Å²) in [5.41, 5.74) is 0.543. The molecule has 0 aromatic carbocycles. The van der Waals surface area contributed by atoms with Gasteiger partial charge in [0.25, 0.3) is 5.56 Å². The van der Waals surface area contributed by atoms with Crippen molar-refractivity contribution in [1.82, 2.24) is 20.0 Å². The Morgan fingerprint density at radius 2 is 2.44 bits per heavy atom. The van der Waals surface area contributed by atoms with Gasteiger partial charge < -0.3 is 5.32 Å². The molecule has 6 heteroatoms. The van der Waals surface area contributed by atoms with Gasteiger partial charge in [-0.2, -0.15) is 10.2 Å². The third-order valence-corrected chi connectivity index (χ3v) is 2.12. The van der Waals surface area contributed by atoms with E-state index in [1.165, 1.54) is 6.07 Å². The maximum atomic E-state index is 10.9. The maximum Gasteiger partial charge on any atom is 0.266 e. The van der Waals surface area contributed by atoms with E-state index in [2.05, 4.69) is 20.6 Å². The molecule has 2 rings (SSSR count). The normalized spacial score (nSPS) is 10.2. The highest BCUT2D eigenvalue weighted by molar-refractivity contribution is 5.38. The number of rotatable bonds is 5. The summed E-state index contributed by atoms with van der Waals surface area (Å²) in [4.78, 5) is 10.9. The van der Waals surface area contributed by atoms with Crippen molar-refractivity contribution in [2.75, 3.05) is 11.9 Å². The molecular formula is C10H13N5O. The summed E-state index contributed by atoms with van der Waals surface area (Å²) in [5, 5.41) is 13.2. The molecule has 2 aromatic rings. The number of aryl methyl sites for hydroxylation is 1. The molecule has 2 aromatic heterocycles. The molecule has 16 heavy (non-hydrogen) atoms. The smallest absolute Gasteiger partial charge is 0.266 e. The SMILES string of the molecule is O=c1cc(NCCCn2cccn2)cn[nH]1. The van der Waals surface area contributed by atoms with Crippen molar-refractivity contribution < 1.29 is 0 Å². The Balaban J connectivity index is 1.74. The second-order valence-corrected chi connectivity index (χ2v) is 3.38. The summed E-state index contributed by atoms with van der Waals surface area (Å²) in [5.74, 6) is 0. The predicted molar refractivity (Wildman–Crippen MR) is 60.2 cm³/mol. The zero-order chi connectivity index (χ0) is 11.2. The summed E-state index contributed by atoms with van der Waals surface area (Å²) < 4.78 is 1.87. The molecule has 0 spiro atoms. The number of anilines is 1. The quantitative estimate of drug-likeness (QED) is 0.717. The molecule has 6 nitrogen and oxygen atoms in total. The first kappa shape index (κ1) is 10.4.